The Morgan fingerprint density at radius 3 is 2.44 bits per heavy atom. The Labute approximate surface area is 161 Å². The van der Waals surface area contributed by atoms with E-state index in [4.69, 9.17) is 9.47 Å². The van der Waals surface area contributed by atoms with E-state index < -0.39 is 12.0 Å². The lowest BCUT2D eigenvalue weighted by molar-refractivity contribution is -0.139. The molecule has 0 aliphatic carbocycles. The third-order valence-corrected chi connectivity index (χ3v) is 4.41. The smallest absolute Gasteiger partial charge is 0.338 e. The number of esters is 1. The highest BCUT2D eigenvalue weighted by Gasteiger charge is 2.32. The second-order valence-electron chi connectivity index (χ2n) is 6.68. The quantitative estimate of drug-likeness (QED) is 0.475. The third kappa shape index (κ3) is 6.01. The highest BCUT2D eigenvalue weighted by atomic mass is 16.5. The molecule has 148 valence electrons. The van der Waals surface area contributed by atoms with Crippen molar-refractivity contribution in [2.45, 2.75) is 58.9 Å². The van der Waals surface area contributed by atoms with E-state index >= 15 is 0 Å². The molecule has 6 nitrogen and oxygen atoms in total. The highest BCUT2D eigenvalue weighted by molar-refractivity contribution is 5.95. The van der Waals surface area contributed by atoms with E-state index in [-0.39, 0.29) is 6.03 Å². The summed E-state index contributed by atoms with van der Waals surface area (Å²) in [6.07, 6.45) is 5.09. The van der Waals surface area contributed by atoms with Crippen LogP contribution in [0.4, 0.5) is 4.79 Å². The molecule has 2 rings (SSSR count). The van der Waals surface area contributed by atoms with Gasteiger partial charge < -0.3 is 20.1 Å². The summed E-state index contributed by atoms with van der Waals surface area (Å²) in [4.78, 5) is 24.6. The van der Waals surface area contributed by atoms with Gasteiger partial charge in [-0.2, -0.15) is 0 Å². The molecule has 0 saturated carbocycles. The van der Waals surface area contributed by atoms with Gasteiger partial charge in [0.1, 0.15) is 5.75 Å². The summed E-state index contributed by atoms with van der Waals surface area (Å²) >= 11 is 0. The van der Waals surface area contributed by atoms with E-state index in [0.717, 1.165) is 43.4 Å². The number of benzene rings is 1. The molecule has 0 unspecified atom stereocenters. The van der Waals surface area contributed by atoms with Crippen molar-refractivity contribution in [3.63, 3.8) is 0 Å². The zero-order chi connectivity index (χ0) is 19.6. The number of ether oxygens (including phenoxy) is 2. The Kier molecular flexibility index (Phi) is 8.17. The lowest BCUT2D eigenvalue weighted by Crippen LogP contribution is -2.45. The van der Waals surface area contributed by atoms with Crippen molar-refractivity contribution in [3.05, 3.63) is 41.1 Å². The summed E-state index contributed by atoms with van der Waals surface area (Å²) in [5.74, 6) is 0.370. The van der Waals surface area contributed by atoms with Gasteiger partial charge in [0, 0.05) is 5.70 Å². The number of rotatable bonds is 10. The molecule has 27 heavy (non-hydrogen) atoms. The topological polar surface area (TPSA) is 76.7 Å². The number of carbonyl (C=O) groups is 2. The van der Waals surface area contributed by atoms with Crippen LogP contribution in [-0.2, 0) is 9.53 Å². The maximum absolute atomic E-state index is 12.6. The average molecular weight is 374 g/mol. The zero-order valence-electron chi connectivity index (χ0n) is 16.5. The van der Waals surface area contributed by atoms with Crippen molar-refractivity contribution >= 4 is 12.0 Å². The molecule has 1 atom stereocenters. The third-order valence-electron chi connectivity index (χ3n) is 4.41. The maximum Gasteiger partial charge on any atom is 0.338 e. The van der Waals surface area contributed by atoms with Crippen molar-refractivity contribution in [1.29, 1.82) is 0 Å². The van der Waals surface area contributed by atoms with Crippen LogP contribution in [0.25, 0.3) is 0 Å². The van der Waals surface area contributed by atoms with Gasteiger partial charge in [-0.1, -0.05) is 45.2 Å². The van der Waals surface area contributed by atoms with E-state index in [0.29, 0.717) is 24.5 Å². The molecule has 1 aromatic carbocycles. The van der Waals surface area contributed by atoms with Crippen LogP contribution in [-0.4, -0.2) is 25.2 Å². The number of nitrogens with one attached hydrogen (secondary N) is 2. The van der Waals surface area contributed by atoms with Crippen molar-refractivity contribution in [1.82, 2.24) is 10.6 Å². The first-order valence-corrected chi connectivity index (χ1v) is 9.75. The van der Waals surface area contributed by atoms with Crippen LogP contribution >= 0.6 is 0 Å². The zero-order valence-corrected chi connectivity index (χ0v) is 16.5. The van der Waals surface area contributed by atoms with Gasteiger partial charge in [0.2, 0.25) is 0 Å². The van der Waals surface area contributed by atoms with Gasteiger partial charge in [0.15, 0.2) is 0 Å². The first-order chi connectivity index (χ1) is 13.1. The molecule has 0 radical (unpaired) electrons. The Balaban J connectivity index is 2.11. The van der Waals surface area contributed by atoms with Gasteiger partial charge in [-0.25, -0.2) is 9.59 Å². The van der Waals surface area contributed by atoms with Crippen molar-refractivity contribution in [2.24, 2.45) is 0 Å². The molecule has 1 aromatic rings. The number of unbranched alkanes of at least 4 members (excludes halogenated alkanes) is 3. The van der Waals surface area contributed by atoms with Crippen LogP contribution in [0.5, 0.6) is 5.75 Å². The van der Waals surface area contributed by atoms with Crippen molar-refractivity contribution < 1.29 is 19.1 Å². The Morgan fingerprint density at radius 2 is 1.78 bits per heavy atom. The summed E-state index contributed by atoms with van der Waals surface area (Å²) in [7, 11) is 0. The number of amides is 2. The summed E-state index contributed by atoms with van der Waals surface area (Å²) in [5, 5.41) is 5.48. The molecular formula is C21H30N2O4. The molecule has 0 spiro atoms. The molecule has 2 amide bonds. The van der Waals surface area contributed by atoms with Crippen molar-refractivity contribution in [3.8, 4) is 5.75 Å². The first-order valence-electron chi connectivity index (χ1n) is 9.75. The number of urea groups is 1. The van der Waals surface area contributed by atoms with Crippen molar-refractivity contribution in [2.75, 3.05) is 13.2 Å². The average Bonchev–Trinajstić information content (AvgIpc) is 2.66. The predicted molar refractivity (Wildman–Crippen MR) is 104 cm³/mol. The van der Waals surface area contributed by atoms with Gasteiger partial charge in [-0.15, -0.1) is 0 Å². The van der Waals surface area contributed by atoms with Gasteiger partial charge in [-0.3, -0.25) is 0 Å². The van der Waals surface area contributed by atoms with E-state index in [2.05, 4.69) is 17.6 Å². The minimum absolute atomic E-state index is 0.330. The van der Waals surface area contributed by atoms with Crippen LogP contribution < -0.4 is 15.4 Å². The van der Waals surface area contributed by atoms with Gasteiger partial charge in [0.25, 0.3) is 0 Å². The lowest BCUT2D eigenvalue weighted by atomic mass is 9.95. The summed E-state index contributed by atoms with van der Waals surface area (Å²) in [6, 6.07) is 6.56. The molecule has 0 aromatic heterocycles. The molecule has 6 heteroatoms. The van der Waals surface area contributed by atoms with E-state index in [1.165, 1.54) is 0 Å². The Hall–Kier alpha value is -2.50. The highest BCUT2D eigenvalue weighted by Crippen LogP contribution is 2.29. The second-order valence-corrected chi connectivity index (χ2v) is 6.68. The molecule has 1 aliphatic rings. The fourth-order valence-corrected chi connectivity index (χ4v) is 2.96. The van der Waals surface area contributed by atoms with E-state index in [1.54, 1.807) is 6.92 Å². The maximum atomic E-state index is 12.6. The van der Waals surface area contributed by atoms with Crippen LogP contribution in [0, 0.1) is 0 Å². The van der Waals surface area contributed by atoms with E-state index in [1.807, 2.05) is 31.2 Å². The number of hydrogen-bond donors (Lipinski definition) is 2. The van der Waals surface area contributed by atoms with Gasteiger partial charge >= 0.3 is 12.0 Å². The van der Waals surface area contributed by atoms with Crippen LogP contribution in [0.2, 0.25) is 0 Å². The summed E-state index contributed by atoms with van der Waals surface area (Å²) < 4.78 is 11.0. The SMILES string of the molecule is CCCCCCOC(=O)C1=C(C)NC(=O)N[C@H]1c1ccc(OCCC)cc1. The second kappa shape index (κ2) is 10.6. The Morgan fingerprint density at radius 1 is 1.04 bits per heavy atom. The van der Waals surface area contributed by atoms with Gasteiger partial charge in [-0.05, 0) is 37.5 Å². The van der Waals surface area contributed by atoms with E-state index in [9.17, 15) is 9.59 Å². The molecule has 2 N–H and O–H groups in total. The molecular weight excluding hydrogens is 344 g/mol. The number of carbonyl (C=O) groups excluding carboxylic acids is 2. The first kappa shape index (κ1) is 20.8. The Bertz CT molecular complexity index is 667. The van der Waals surface area contributed by atoms with Gasteiger partial charge in [0.05, 0.1) is 24.8 Å². The van der Waals surface area contributed by atoms with Crippen LogP contribution in [0.15, 0.2) is 35.5 Å². The number of allylic oxidation sites excluding steroid dienone is 1. The molecule has 1 aliphatic heterocycles. The summed E-state index contributed by atoms with van der Waals surface area (Å²) in [5.41, 5.74) is 1.77. The lowest BCUT2D eigenvalue weighted by Gasteiger charge is -2.28. The fourth-order valence-electron chi connectivity index (χ4n) is 2.96. The monoisotopic (exact) mass is 374 g/mol. The molecule has 0 bridgehead atoms. The molecule has 1 heterocycles. The standard InChI is InChI=1S/C21H30N2O4/c1-4-6-7-8-14-27-20(24)18-15(3)22-21(25)23-19(18)16-9-11-17(12-10-16)26-13-5-2/h9-12,19H,4-8,13-14H2,1-3H3,(H2,22,23,25)/t19-/m0/s1. The fraction of sp³-hybridized carbons (Fsp3) is 0.524. The summed E-state index contributed by atoms with van der Waals surface area (Å²) in [6.45, 7) is 6.95. The molecule has 0 fully saturated rings. The number of hydrogen-bond acceptors (Lipinski definition) is 4. The minimum Gasteiger partial charge on any atom is -0.494 e. The minimum atomic E-state index is -0.540. The predicted octanol–water partition coefficient (Wildman–Crippen LogP) is 4.23. The normalized spacial score (nSPS) is 16.6. The molecule has 0 saturated heterocycles. The van der Waals surface area contributed by atoms with Crippen LogP contribution in [0.1, 0.15) is 64.5 Å². The largest absolute Gasteiger partial charge is 0.494 e. The van der Waals surface area contributed by atoms with Crippen LogP contribution in [0.3, 0.4) is 0 Å².